The average Bonchev–Trinajstić information content (AvgIpc) is 2.72. The molecule has 0 atom stereocenters. The van der Waals surface area contributed by atoms with Crippen LogP contribution < -0.4 is 4.31 Å². The lowest BCUT2D eigenvalue weighted by molar-refractivity contribution is 0.590. The maximum atomic E-state index is 12.8. The standard InChI is InChI=1S/C14H19N3O2S/c1-5-17(13-8-6-10(2)7-9-13)20(18,19)14-11(3)15-16-12(14)4/h6-9H,5H2,1-4H3,(H,15,16). The van der Waals surface area contributed by atoms with Crippen LogP contribution in [0.2, 0.25) is 0 Å². The van der Waals surface area contributed by atoms with Gasteiger partial charge in [0.2, 0.25) is 0 Å². The lowest BCUT2D eigenvalue weighted by Gasteiger charge is -2.23. The van der Waals surface area contributed by atoms with Crippen LogP contribution in [-0.4, -0.2) is 25.2 Å². The molecule has 20 heavy (non-hydrogen) atoms. The maximum absolute atomic E-state index is 12.8. The van der Waals surface area contributed by atoms with Crippen LogP contribution in [0, 0.1) is 20.8 Å². The molecule has 0 aliphatic rings. The summed E-state index contributed by atoms with van der Waals surface area (Å²) >= 11 is 0. The number of hydrogen-bond donors (Lipinski definition) is 1. The number of nitrogens with one attached hydrogen (secondary N) is 1. The Morgan fingerprint density at radius 1 is 1.15 bits per heavy atom. The van der Waals surface area contributed by atoms with Gasteiger partial charge in [0.05, 0.1) is 17.1 Å². The van der Waals surface area contributed by atoms with E-state index in [2.05, 4.69) is 10.2 Å². The van der Waals surface area contributed by atoms with Gasteiger partial charge in [-0.15, -0.1) is 0 Å². The number of hydrogen-bond acceptors (Lipinski definition) is 3. The zero-order valence-corrected chi connectivity index (χ0v) is 13.0. The summed E-state index contributed by atoms with van der Waals surface area (Å²) in [6.07, 6.45) is 0. The van der Waals surface area contributed by atoms with Crippen molar-refractivity contribution in [3.05, 3.63) is 41.2 Å². The van der Waals surface area contributed by atoms with Crippen molar-refractivity contribution in [1.29, 1.82) is 0 Å². The second kappa shape index (κ2) is 5.28. The summed E-state index contributed by atoms with van der Waals surface area (Å²) in [5.74, 6) is 0. The minimum absolute atomic E-state index is 0.264. The molecule has 0 unspecified atom stereocenters. The van der Waals surface area contributed by atoms with Gasteiger partial charge < -0.3 is 0 Å². The first-order valence-corrected chi connectivity index (χ1v) is 7.93. The van der Waals surface area contributed by atoms with Crippen LogP contribution in [0.1, 0.15) is 23.9 Å². The van der Waals surface area contributed by atoms with Gasteiger partial charge in [-0.3, -0.25) is 9.40 Å². The van der Waals surface area contributed by atoms with Crippen molar-refractivity contribution in [3.63, 3.8) is 0 Å². The number of H-pyrrole nitrogens is 1. The Morgan fingerprint density at radius 3 is 2.20 bits per heavy atom. The van der Waals surface area contributed by atoms with Crippen LogP contribution in [0.3, 0.4) is 0 Å². The van der Waals surface area contributed by atoms with Crippen molar-refractivity contribution in [2.45, 2.75) is 32.6 Å². The number of aromatic amines is 1. The van der Waals surface area contributed by atoms with E-state index in [1.165, 1.54) is 4.31 Å². The predicted octanol–water partition coefficient (Wildman–Crippen LogP) is 2.55. The zero-order chi connectivity index (χ0) is 14.9. The number of nitrogens with zero attached hydrogens (tertiary/aromatic N) is 2. The summed E-state index contributed by atoms with van der Waals surface area (Å²) in [5, 5.41) is 6.70. The Kier molecular flexibility index (Phi) is 3.85. The Morgan fingerprint density at radius 2 is 1.75 bits per heavy atom. The SMILES string of the molecule is CCN(c1ccc(C)cc1)S(=O)(=O)c1c(C)n[nH]c1C. The largest absolute Gasteiger partial charge is 0.281 e. The van der Waals surface area contributed by atoms with E-state index in [9.17, 15) is 8.42 Å². The molecule has 1 N–H and O–H groups in total. The molecule has 1 aromatic heterocycles. The first-order valence-electron chi connectivity index (χ1n) is 6.49. The lowest BCUT2D eigenvalue weighted by atomic mass is 10.2. The molecule has 0 saturated heterocycles. The number of rotatable bonds is 4. The van der Waals surface area contributed by atoms with Gasteiger partial charge in [-0.2, -0.15) is 5.10 Å². The minimum atomic E-state index is -3.60. The lowest BCUT2D eigenvalue weighted by Crippen LogP contribution is -2.31. The van der Waals surface area contributed by atoms with Gasteiger partial charge in [-0.25, -0.2) is 8.42 Å². The van der Waals surface area contributed by atoms with E-state index in [0.29, 0.717) is 23.6 Å². The summed E-state index contributed by atoms with van der Waals surface area (Å²) in [6.45, 7) is 7.58. The van der Waals surface area contributed by atoms with Gasteiger partial charge in [0.25, 0.3) is 10.0 Å². The third-order valence-electron chi connectivity index (χ3n) is 3.22. The second-order valence-electron chi connectivity index (χ2n) is 4.77. The van der Waals surface area contributed by atoms with Gasteiger partial charge in [-0.05, 0) is 39.8 Å². The number of anilines is 1. The third-order valence-corrected chi connectivity index (χ3v) is 5.38. The molecule has 108 valence electrons. The predicted molar refractivity (Wildman–Crippen MR) is 79.4 cm³/mol. The van der Waals surface area contributed by atoms with Crippen molar-refractivity contribution in [2.24, 2.45) is 0 Å². The summed E-state index contributed by atoms with van der Waals surface area (Å²) in [6, 6.07) is 7.45. The van der Waals surface area contributed by atoms with Crippen LogP contribution in [0.5, 0.6) is 0 Å². The Hall–Kier alpha value is -1.82. The molecule has 2 rings (SSSR count). The summed E-state index contributed by atoms with van der Waals surface area (Å²) in [7, 11) is -3.60. The molecule has 6 heteroatoms. The fourth-order valence-corrected chi connectivity index (χ4v) is 4.04. The fraction of sp³-hybridized carbons (Fsp3) is 0.357. The number of benzene rings is 1. The van der Waals surface area contributed by atoms with E-state index in [1.54, 1.807) is 13.8 Å². The van der Waals surface area contributed by atoms with Gasteiger partial charge >= 0.3 is 0 Å². The molecule has 0 aliphatic heterocycles. The molecular weight excluding hydrogens is 274 g/mol. The molecule has 1 aromatic carbocycles. The highest BCUT2D eigenvalue weighted by molar-refractivity contribution is 7.93. The first kappa shape index (κ1) is 14.6. The molecule has 5 nitrogen and oxygen atoms in total. The highest BCUT2D eigenvalue weighted by Crippen LogP contribution is 2.26. The molecule has 0 spiro atoms. The Labute approximate surface area is 119 Å². The quantitative estimate of drug-likeness (QED) is 0.942. The number of aromatic nitrogens is 2. The number of aryl methyl sites for hydroxylation is 3. The average molecular weight is 293 g/mol. The highest BCUT2D eigenvalue weighted by Gasteiger charge is 2.28. The monoisotopic (exact) mass is 293 g/mol. The van der Waals surface area contributed by atoms with Gasteiger partial charge in [0.15, 0.2) is 0 Å². The van der Waals surface area contributed by atoms with Gasteiger partial charge in [0, 0.05) is 6.54 Å². The Bertz CT molecular complexity index is 683. The summed E-state index contributed by atoms with van der Waals surface area (Å²) < 4.78 is 27.0. The molecule has 0 fully saturated rings. The summed E-state index contributed by atoms with van der Waals surface area (Å²) in [4.78, 5) is 0.264. The van der Waals surface area contributed by atoms with E-state index in [1.807, 2.05) is 38.1 Å². The van der Waals surface area contributed by atoms with E-state index >= 15 is 0 Å². The van der Waals surface area contributed by atoms with Crippen LogP contribution in [-0.2, 0) is 10.0 Å². The van der Waals surface area contributed by atoms with E-state index < -0.39 is 10.0 Å². The van der Waals surface area contributed by atoms with Crippen molar-refractivity contribution in [1.82, 2.24) is 10.2 Å². The topological polar surface area (TPSA) is 66.1 Å². The summed E-state index contributed by atoms with van der Waals surface area (Å²) in [5.41, 5.74) is 2.82. The minimum Gasteiger partial charge on any atom is -0.281 e. The van der Waals surface area contributed by atoms with Gasteiger partial charge in [0.1, 0.15) is 4.90 Å². The highest BCUT2D eigenvalue weighted by atomic mass is 32.2. The van der Waals surface area contributed by atoms with E-state index in [0.717, 1.165) is 5.56 Å². The zero-order valence-electron chi connectivity index (χ0n) is 12.1. The smallest absolute Gasteiger partial charge is 0.267 e. The molecular formula is C14H19N3O2S. The molecule has 0 amide bonds. The molecule has 0 aliphatic carbocycles. The molecule has 2 aromatic rings. The van der Waals surface area contributed by atoms with Crippen molar-refractivity contribution < 1.29 is 8.42 Å². The van der Waals surface area contributed by atoms with Crippen molar-refractivity contribution >= 4 is 15.7 Å². The van der Waals surface area contributed by atoms with Crippen molar-refractivity contribution in [3.8, 4) is 0 Å². The Balaban J connectivity index is 2.53. The van der Waals surface area contributed by atoms with Crippen LogP contribution in [0.15, 0.2) is 29.2 Å². The first-order chi connectivity index (χ1) is 9.37. The van der Waals surface area contributed by atoms with Crippen LogP contribution >= 0.6 is 0 Å². The normalized spacial score (nSPS) is 11.6. The van der Waals surface area contributed by atoms with Crippen molar-refractivity contribution in [2.75, 3.05) is 10.8 Å². The molecule has 0 bridgehead atoms. The molecule has 0 saturated carbocycles. The third kappa shape index (κ3) is 2.43. The number of sulfonamides is 1. The van der Waals surface area contributed by atoms with Gasteiger partial charge in [-0.1, -0.05) is 17.7 Å². The van der Waals surface area contributed by atoms with Crippen LogP contribution in [0.4, 0.5) is 5.69 Å². The molecule has 1 heterocycles. The fourth-order valence-electron chi connectivity index (χ4n) is 2.23. The maximum Gasteiger partial charge on any atom is 0.267 e. The van der Waals surface area contributed by atoms with Crippen LogP contribution in [0.25, 0.3) is 0 Å². The second-order valence-corrected chi connectivity index (χ2v) is 6.57. The van der Waals surface area contributed by atoms with E-state index in [-0.39, 0.29) is 4.90 Å². The molecule has 0 radical (unpaired) electrons. The van der Waals surface area contributed by atoms with E-state index in [4.69, 9.17) is 0 Å².